The van der Waals surface area contributed by atoms with Gasteiger partial charge in [0.2, 0.25) is 0 Å². The van der Waals surface area contributed by atoms with E-state index in [2.05, 4.69) is 43.2 Å². The zero-order valence-electron chi connectivity index (χ0n) is 16.6. The molecule has 0 saturated carbocycles. The summed E-state index contributed by atoms with van der Waals surface area (Å²) in [5, 5.41) is 6.77. The van der Waals surface area contributed by atoms with Gasteiger partial charge in [-0.2, -0.15) is 0 Å². The van der Waals surface area contributed by atoms with Gasteiger partial charge >= 0.3 is 0 Å². The molecule has 2 fully saturated rings. The number of fused-ring (bicyclic) bond motifs is 1. The molecule has 6 heteroatoms. The van der Waals surface area contributed by atoms with Crippen LogP contribution in [0.3, 0.4) is 0 Å². The molecule has 0 spiro atoms. The van der Waals surface area contributed by atoms with Crippen LogP contribution in [0.4, 0.5) is 0 Å². The summed E-state index contributed by atoms with van der Waals surface area (Å²) in [4.78, 5) is 7.31. The first-order valence-electron chi connectivity index (χ1n) is 10.1. The van der Waals surface area contributed by atoms with E-state index < -0.39 is 0 Å². The lowest BCUT2D eigenvalue weighted by atomic mass is 10.0. The third-order valence-corrected chi connectivity index (χ3v) is 5.10. The van der Waals surface area contributed by atoms with E-state index in [4.69, 9.17) is 14.5 Å². The molecule has 2 aliphatic heterocycles. The van der Waals surface area contributed by atoms with Crippen molar-refractivity contribution in [2.45, 2.75) is 65.2 Å². The van der Waals surface area contributed by atoms with E-state index in [-0.39, 0.29) is 6.10 Å². The van der Waals surface area contributed by atoms with E-state index in [1.54, 1.807) is 0 Å². The number of rotatable bonds is 9. The predicted octanol–water partition coefficient (Wildman–Crippen LogP) is 1.86. The molecule has 2 N–H and O–H groups in total. The first kappa shape index (κ1) is 20.5. The van der Waals surface area contributed by atoms with Crippen molar-refractivity contribution in [2.24, 2.45) is 10.9 Å². The SMILES string of the molecule is CCNC(=NCC1CN2CCCC2CO1)NCCC(OCC)C(C)C. The van der Waals surface area contributed by atoms with Crippen molar-refractivity contribution in [3.05, 3.63) is 0 Å². The number of hydrogen-bond acceptors (Lipinski definition) is 4. The largest absolute Gasteiger partial charge is 0.378 e. The summed E-state index contributed by atoms with van der Waals surface area (Å²) in [6, 6.07) is 0.651. The quantitative estimate of drug-likeness (QED) is 0.489. The minimum atomic E-state index is 0.219. The summed E-state index contributed by atoms with van der Waals surface area (Å²) in [5.41, 5.74) is 0. The van der Waals surface area contributed by atoms with Crippen LogP contribution >= 0.6 is 0 Å². The molecule has 146 valence electrons. The second-order valence-corrected chi connectivity index (χ2v) is 7.42. The molecule has 0 aromatic heterocycles. The maximum atomic E-state index is 6.00. The van der Waals surface area contributed by atoms with Gasteiger partial charge in [-0.15, -0.1) is 0 Å². The zero-order chi connectivity index (χ0) is 18.1. The normalized spacial score (nSPS) is 25.9. The van der Waals surface area contributed by atoms with Gasteiger partial charge in [-0.3, -0.25) is 9.89 Å². The lowest BCUT2D eigenvalue weighted by molar-refractivity contribution is -0.0432. The zero-order valence-corrected chi connectivity index (χ0v) is 16.6. The Balaban J connectivity index is 1.75. The van der Waals surface area contributed by atoms with Crippen molar-refractivity contribution in [1.29, 1.82) is 0 Å². The molecule has 3 unspecified atom stereocenters. The second-order valence-electron chi connectivity index (χ2n) is 7.42. The first-order valence-corrected chi connectivity index (χ1v) is 10.1. The molecular weight excluding hydrogens is 316 g/mol. The van der Waals surface area contributed by atoms with E-state index in [0.29, 0.717) is 18.1 Å². The molecule has 0 bridgehead atoms. The third kappa shape index (κ3) is 6.76. The molecule has 2 saturated heterocycles. The second kappa shape index (κ2) is 11.0. The molecule has 6 nitrogen and oxygen atoms in total. The molecule has 0 aliphatic carbocycles. The number of ether oxygens (including phenoxy) is 2. The lowest BCUT2D eigenvalue weighted by Crippen LogP contribution is -2.47. The summed E-state index contributed by atoms with van der Waals surface area (Å²) in [7, 11) is 0. The van der Waals surface area contributed by atoms with Crippen molar-refractivity contribution >= 4 is 5.96 Å². The van der Waals surface area contributed by atoms with Gasteiger partial charge in [0.25, 0.3) is 0 Å². The highest BCUT2D eigenvalue weighted by molar-refractivity contribution is 5.79. The Labute approximate surface area is 153 Å². The van der Waals surface area contributed by atoms with Crippen LogP contribution in [0.1, 0.15) is 47.0 Å². The van der Waals surface area contributed by atoms with Crippen LogP contribution in [0.25, 0.3) is 0 Å². The van der Waals surface area contributed by atoms with Crippen molar-refractivity contribution in [2.75, 3.05) is 45.9 Å². The highest BCUT2D eigenvalue weighted by Gasteiger charge is 2.31. The molecule has 0 aromatic carbocycles. The molecule has 2 aliphatic rings. The van der Waals surface area contributed by atoms with Crippen LogP contribution in [0.5, 0.6) is 0 Å². The standard InChI is InChI=1S/C19H38N4O2/c1-5-20-19(21-10-9-18(15(3)4)24-6-2)22-12-17-13-23-11-7-8-16(23)14-25-17/h15-18H,5-14H2,1-4H3,(H2,20,21,22). The van der Waals surface area contributed by atoms with Gasteiger partial charge in [0.15, 0.2) is 5.96 Å². The Morgan fingerprint density at radius 2 is 2.16 bits per heavy atom. The Hall–Kier alpha value is -0.850. The van der Waals surface area contributed by atoms with Gasteiger partial charge in [0.05, 0.1) is 25.4 Å². The van der Waals surface area contributed by atoms with Crippen molar-refractivity contribution in [1.82, 2.24) is 15.5 Å². The monoisotopic (exact) mass is 354 g/mol. The highest BCUT2D eigenvalue weighted by Crippen LogP contribution is 2.22. The Bertz CT molecular complexity index is 403. The first-order chi connectivity index (χ1) is 12.1. The average molecular weight is 355 g/mol. The maximum Gasteiger partial charge on any atom is 0.191 e. The van der Waals surface area contributed by atoms with Crippen LogP contribution in [0.15, 0.2) is 4.99 Å². The number of guanidine groups is 1. The fourth-order valence-corrected chi connectivity index (χ4v) is 3.69. The minimum Gasteiger partial charge on any atom is -0.378 e. The summed E-state index contributed by atoms with van der Waals surface area (Å²) in [6.07, 6.45) is 4.11. The van der Waals surface area contributed by atoms with Gasteiger partial charge in [-0.05, 0) is 45.6 Å². The Morgan fingerprint density at radius 3 is 2.88 bits per heavy atom. The molecule has 3 atom stereocenters. The topological polar surface area (TPSA) is 58.1 Å². The number of nitrogens with zero attached hydrogens (tertiary/aromatic N) is 2. The fraction of sp³-hybridized carbons (Fsp3) is 0.947. The molecule has 0 radical (unpaired) electrons. The van der Waals surface area contributed by atoms with Gasteiger partial charge < -0.3 is 20.1 Å². The van der Waals surface area contributed by atoms with Crippen LogP contribution < -0.4 is 10.6 Å². The van der Waals surface area contributed by atoms with Crippen molar-refractivity contribution in [3.63, 3.8) is 0 Å². The van der Waals surface area contributed by atoms with Crippen LogP contribution in [0, 0.1) is 5.92 Å². The summed E-state index contributed by atoms with van der Waals surface area (Å²) in [6.45, 7) is 14.9. The van der Waals surface area contributed by atoms with Gasteiger partial charge in [-0.25, -0.2) is 0 Å². The van der Waals surface area contributed by atoms with E-state index in [1.807, 2.05) is 0 Å². The summed E-state index contributed by atoms with van der Waals surface area (Å²) < 4.78 is 11.8. The third-order valence-electron chi connectivity index (χ3n) is 5.10. The molecule has 2 rings (SSSR count). The number of nitrogens with one attached hydrogen (secondary N) is 2. The van der Waals surface area contributed by atoms with E-state index >= 15 is 0 Å². The minimum absolute atomic E-state index is 0.219. The number of aliphatic imine (C=N–C) groups is 1. The van der Waals surface area contributed by atoms with Crippen molar-refractivity contribution < 1.29 is 9.47 Å². The van der Waals surface area contributed by atoms with Crippen LogP contribution in [0.2, 0.25) is 0 Å². The van der Waals surface area contributed by atoms with E-state index in [1.165, 1.54) is 19.4 Å². The number of morpholine rings is 1. The molecule has 25 heavy (non-hydrogen) atoms. The van der Waals surface area contributed by atoms with E-state index in [9.17, 15) is 0 Å². The molecule has 2 heterocycles. The van der Waals surface area contributed by atoms with Crippen LogP contribution in [-0.2, 0) is 9.47 Å². The van der Waals surface area contributed by atoms with E-state index in [0.717, 1.165) is 51.8 Å². The molecule has 0 aromatic rings. The maximum absolute atomic E-state index is 6.00. The van der Waals surface area contributed by atoms with Gasteiger partial charge in [0.1, 0.15) is 0 Å². The van der Waals surface area contributed by atoms with Crippen LogP contribution in [-0.4, -0.2) is 75.0 Å². The Kier molecular flexibility index (Phi) is 8.99. The van der Waals surface area contributed by atoms with Gasteiger partial charge in [0, 0.05) is 32.3 Å². The summed E-state index contributed by atoms with van der Waals surface area (Å²) in [5.74, 6) is 1.42. The summed E-state index contributed by atoms with van der Waals surface area (Å²) >= 11 is 0. The molecular formula is C19H38N4O2. The van der Waals surface area contributed by atoms with Gasteiger partial charge in [-0.1, -0.05) is 13.8 Å². The molecule has 0 amide bonds. The fourth-order valence-electron chi connectivity index (χ4n) is 3.69. The lowest BCUT2D eigenvalue weighted by Gasteiger charge is -2.34. The van der Waals surface area contributed by atoms with Crippen molar-refractivity contribution in [3.8, 4) is 0 Å². The smallest absolute Gasteiger partial charge is 0.191 e. The number of hydrogen-bond donors (Lipinski definition) is 2. The highest BCUT2D eigenvalue weighted by atomic mass is 16.5. The Morgan fingerprint density at radius 1 is 1.32 bits per heavy atom. The average Bonchev–Trinajstić information content (AvgIpc) is 3.06. The predicted molar refractivity (Wildman–Crippen MR) is 103 cm³/mol.